The summed E-state index contributed by atoms with van der Waals surface area (Å²) < 4.78 is 16.7. The van der Waals surface area contributed by atoms with Crippen LogP contribution >= 0.6 is 0 Å². The third-order valence-electron chi connectivity index (χ3n) is 2.75. The molecule has 0 aliphatic rings. The van der Waals surface area contributed by atoms with E-state index in [4.69, 9.17) is 19.9 Å². The van der Waals surface area contributed by atoms with Gasteiger partial charge in [-0.25, -0.2) is 0 Å². The number of hydrogen-bond donors (Lipinski definition) is 1. The highest BCUT2D eigenvalue weighted by atomic mass is 16.5. The van der Waals surface area contributed by atoms with Crippen molar-refractivity contribution >= 4 is 0 Å². The predicted octanol–water partition coefficient (Wildman–Crippen LogP) is 2.64. The summed E-state index contributed by atoms with van der Waals surface area (Å²) in [5.74, 6) is 2.06. The zero-order valence-corrected chi connectivity index (χ0v) is 13.0. The zero-order valence-electron chi connectivity index (χ0n) is 13.0. The largest absolute Gasteiger partial charge is 0.493 e. The molecular weight excluding hydrogens is 254 g/mol. The van der Waals surface area contributed by atoms with Crippen LogP contribution in [0.2, 0.25) is 0 Å². The van der Waals surface area contributed by atoms with Crippen molar-refractivity contribution in [3.8, 4) is 11.5 Å². The van der Waals surface area contributed by atoms with E-state index >= 15 is 0 Å². The second-order valence-corrected chi connectivity index (χ2v) is 5.45. The average Bonchev–Trinajstić information content (AvgIpc) is 2.38. The molecular formula is C16H27NO3. The van der Waals surface area contributed by atoms with Crippen LogP contribution in [-0.4, -0.2) is 33.0 Å². The summed E-state index contributed by atoms with van der Waals surface area (Å²) in [6, 6.07) is 5.96. The Labute approximate surface area is 122 Å². The minimum Gasteiger partial charge on any atom is -0.493 e. The molecule has 0 saturated carbocycles. The van der Waals surface area contributed by atoms with Gasteiger partial charge in [0.25, 0.3) is 0 Å². The number of ether oxygens (including phenoxy) is 3. The quantitative estimate of drug-likeness (QED) is 0.707. The van der Waals surface area contributed by atoms with E-state index in [9.17, 15) is 0 Å². The Balaban J connectivity index is 2.61. The fraction of sp³-hybridized carbons (Fsp3) is 0.625. The Morgan fingerprint density at radius 3 is 2.50 bits per heavy atom. The number of para-hydroxylation sites is 1. The van der Waals surface area contributed by atoms with E-state index in [1.165, 1.54) is 0 Å². The van der Waals surface area contributed by atoms with Crippen molar-refractivity contribution in [2.75, 3.05) is 26.9 Å². The Hall–Kier alpha value is -1.26. The maximum absolute atomic E-state index is 5.87. The van der Waals surface area contributed by atoms with Crippen LogP contribution in [0.1, 0.15) is 26.3 Å². The Kier molecular flexibility index (Phi) is 7.41. The Morgan fingerprint density at radius 1 is 1.15 bits per heavy atom. The fourth-order valence-corrected chi connectivity index (χ4v) is 1.92. The van der Waals surface area contributed by atoms with Gasteiger partial charge in [0.15, 0.2) is 11.5 Å². The molecule has 0 saturated heterocycles. The summed E-state index contributed by atoms with van der Waals surface area (Å²) in [6.07, 6.45) is 0.763. The van der Waals surface area contributed by atoms with E-state index in [1.807, 2.05) is 25.1 Å². The maximum Gasteiger partial charge on any atom is 0.164 e. The second-order valence-electron chi connectivity index (χ2n) is 5.45. The predicted molar refractivity (Wildman–Crippen MR) is 81.5 cm³/mol. The van der Waals surface area contributed by atoms with Crippen molar-refractivity contribution < 1.29 is 14.2 Å². The van der Waals surface area contributed by atoms with Crippen LogP contribution in [0.3, 0.4) is 0 Å². The lowest BCUT2D eigenvalue weighted by Gasteiger charge is -2.16. The van der Waals surface area contributed by atoms with E-state index in [1.54, 1.807) is 7.11 Å². The van der Waals surface area contributed by atoms with Crippen LogP contribution in [0.5, 0.6) is 11.5 Å². The number of rotatable bonds is 9. The third-order valence-corrected chi connectivity index (χ3v) is 2.75. The van der Waals surface area contributed by atoms with Crippen molar-refractivity contribution in [2.45, 2.75) is 33.2 Å². The van der Waals surface area contributed by atoms with E-state index < -0.39 is 0 Å². The molecule has 1 aromatic carbocycles. The number of benzene rings is 1. The third kappa shape index (κ3) is 5.80. The number of hydrogen-bond acceptors (Lipinski definition) is 4. The molecule has 0 radical (unpaired) electrons. The van der Waals surface area contributed by atoms with Crippen LogP contribution < -0.4 is 15.2 Å². The van der Waals surface area contributed by atoms with Gasteiger partial charge in [-0.05, 0) is 30.9 Å². The van der Waals surface area contributed by atoms with Gasteiger partial charge in [-0.2, -0.15) is 0 Å². The van der Waals surface area contributed by atoms with Gasteiger partial charge in [0, 0.05) is 12.6 Å². The molecule has 4 nitrogen and oxygen atoms in total. The smallest absolute Gasteiger partial charge is 0.164 e. The molecule has 0 amide bonds. The lowest BCUT2D eigenvalue weighted by molar-refractivity contribution is 0.0807. The molecule has 0 fully saturated rings. The van der Waals surface area contributed by atoms with E-state index in [2.05, 4.69) is 13.8 Å². The van der Waals surface area contributed by atoms with Gasteiger partial charge in [0.2, 0.25) is 0 Å². The number of methoxy groups -OCH3 is 1. The van der Waals surface area contributed by atoms with Gasteiger partial charge in [-0.1, -0.05) is 26.0 Å². The van der Waals surface area contributed by atoms with E-state index in [0.717, 1.165) is 30.1 Å². The van der Waals surface area contributed by atoms with Crippen molar-refractivity contribution in [3.63, 3.8) is 0 Å². The molecule has 114 valence electrons. The first-order valence-corrected chi connectivity index (χ1v) is 7.16. The highest BCUT2D eigenvalue weighted by Gasteiger charge is 2.12. The highest BCUT2D eigenvalue weighted by molar-refractivity contribution is 5.47. The van der Waals surface area contributed by atoms with Gasteiger partial charge in [-0.3, -0.25) is 0 Å². The second kappa shape index (κ2) is 8.82. The maximum atomic E-state index is 5.87. The van der Waals surface area contributed by atoms with Crippen LogP contribution in [0.4, 0.5) is 0 Å². The molecule has 0 spiro atoms. The van der Waals surface area contributed by atoms with Crippen LogP contribution in [0.25, 0.3) is 0 Å². The molecule has 0 bridgehead atoms. The molecule has 1 aromatic rings. The van der Waals surface area contributed by atoms with E-state index in [0.29, 0.717) is 19.1 Å². The van der Waals surface area contributed by atoms with Crippen molar-refractivity contribution in [2.24, 2.45) is 11.7 Å². The van der Waals surface area contributed by atoms with Gasteiger partial charge in [0.05, 0.1) is 13.7 Å². The zero-order chi connectivity index (χ0) is 15.0. The van der Waals surface area contributed by atoms with Gasteiger partial charge < -0.3 is 19.9 Å². The van der Waals surface area contributed by atoms with Crippen molar-refractivity contribution in [3.05, 3.63) is 23.8 Å². The lowest BCUT2D eigenvalue weighted by atomic mass is 10.1. The summed E-state index contributed by atoms with van der Waals surface area (Å²) >= 11 is 0. The molecule has 4 heteroatoms. The molecule has 0 heterocycles. The van der Waals surface area contributed by atoms with Gasteiger partial charge in [-0.15, -0.1) is 0 Å². The summed E-state index contributed by atoms with van der Waals surface area (Å²) in [4.78, 5) is 0. The normalized spacial score (nSPS) is 12.5. The van der Waals surface area contributed by atoms with Crippen molar-refractivity contribution in [1.29, 1.82) is 0 Å². The molecule has 1 atom stereocenters. The minimum atomic E-state index is 0.0849. The summed E-state index contributed by atoms with van der Waals surface area (Å²) in [7, 11) is 1.65. The minimum absolute atomic E-state index is 0.0849. The first-order chi connectivity index (χ1) is 9.54. The number of nitrogens with two attached hydrogens (primary N) is 1. The summed E-state index contributed by atoms with van der Waals surface area (Å²) in [5.41, 5.74) is 6.95. The first-order valence-electron chi connectivity index (χ1n) is 7.16. The van der Waals surface area contributed by atoms with Gasteiger partial charge >= 0.3 is 0 Å². The van der Waals surface area contributed by atoms with Crippen LogP contribution in [0, 0.1) is 5.92 Å². The topological polar surface area (TPSA) is 53.7 Å². The molecule has 0 aliphatic heterocycles. The standard InChI is InChI=1S/C16H27NO3/c1-12(2)11-19-8-9-20-16-14(10-13(3)17)6-5-7-15(16)18-4/h5-7,12-13H,8-11,17H2,1-4H3. The fourth-order valence-electron chi connectivity index (χ4n) is 1.92. The Morgan fingerprint density at radius 2 is 1.90 bits per heavy atom. The molecule has 0 aliphatic carbocycles. The highest BCUT2D eigenvalue weighted by Crippen LogP contribution is 2.31. The Bertz CT molecular complexity index is 391. The first kappa shape index (κ1) is 16.8. The molecule has 2 N–H and O–H groups in total. The summed E-state index contributed by atoms with van der Waals surface area (Å²) in [6.45, 7) is 8.08. The van der Waals surface area contributed by atoms with Crippen molar-refractivity contribution in [1.82, 2.24) is 0 Å². The lowest BCUT2D eigenvalue weighted by Crippen LogP contribution is -2.19. The molecule has 1 rings (SSSR count). The van der Waals surface area contributed by atoms with Crippen LogP contribution in [-0.2, 0) is 11.2 Å². The van der Waals surface area contributed by atoms with E-state index in [-0.39, 0.29) is 6.04 Å². The molecule has 0 aromatic heterocycles. The summed E-state index contributed by atoms with van der Waals surface area (Å²) in [5, 5.41) is 0. The SMILES string of the molecule is COc1cccc(CC(C)N)c1OCCOCC(C)C. The average molecular weight is 281 g/mol. The van der Waals surface area contributed by atoms with Crippen LogP contribution in [0.15, 0.2) is 18.2 Å². The van der Waals surface area contributed by atoms with Gasteiger partial charge in [0.1, 0.15) is 6.61 Å². The molecule has 1 unspecified atom stereocenters. The monoisotopic (exact) mass is 281 g/mol. The molecule has 20 heavy (non-hydrogen) atoms.